The molecule has 1 aromatic heterocycles. The number of ketones is 1. The topological polar surface area (TPSA) is 62.8 Å². The van der Waals surface area contributed by atoms with Crippen LogP contribution in [0.2, 0.25) is 0 Å². The molecule has 0 radical (unpaired) electrons. The molecular weight excluding hydrogens is 228 g/mol. The number of aromatic nitrogens is 2. The number of hydrogen-bond donors (Lipinski definition) is 1. The second-order valence-electron chi connectivity index (χ2n) is 4.53. The van der Waals surface area contributed by atoms with Crippen molar-refractivity contribution >= 4 is 5.78 Å². The monoisotopic (exact) mass is 240 g/mol. The molecule has 2 aromatic rings. The lowest BCUT2D eigenvalue weighted by atomic mass is 10.0. The van der Waals surface area contributed by atoms with Gasteiger partial charge in [0.1, 0.15) is 0 Å². The Bertz CT molecular complexity index is 684. The molecule has 1 heterocycles. The number of carbonyl (C=O) groups is 1. The van der Waals surface area contributed by atoms with E-state index in [0.29, 0.717) is 24.1 Å². The zero-order valence-electron chi connectivity index (χ0n) is 9.99. The Hall–Kier alpha value is -2.23. The molecular formula is C14H12N2O2. The second kappa shape index (κ2) is 3.91. The molecule has 0 unspecified atom stereocenters. The quantitative estimate of drug-likeness (QED) is 0.827. The molecule has 3 rings (SSSR count). The number of nitrogens with zero attached hydrogens (tertiary/aromatic N) is 1. The van der Waals surface area contributed by atoms with E-state index in [0.717, 1.165) is 16.8 Å². The summed E-state index contributed by atoms with van der Waals surface area (Å²) in [5, 5.41) is 0. The van der Waals surface area contributed by atoms with Crippen molar-refractivity contribution in [1.82, 2.24) is 9.97 Å². The number of aromatic amines is 1. The van der Waals surface area contributed by atoms with E-state index in [2.05, 4.69) is 9.97 Å². The molecule has 1 aromatic carbocycles. The smallest absolute Gasteiger partial charge is 0.309 e. The Morgan fingerprint density at radius 3 is 2.56 bits per heavy atom. The number of aryl methyl sites for hydroxylation is 2. The molecule has 0 amide bonds. The van der Waals surface area contributed by atoms with Gasteiger partial charge in [0.05, 0.1) is 11.3 Å². The first-order valence-electron chi connectivity index (χ1n) is 5.88. The first kappa shape index (κ1) is 10.9. The van der Waals surface area contributed by atoms with Gasteiger partial charge in [-0.3, -0.25) is 4.79 Å². The fourth-order valence-electron chi connectivity index (χ4n) is 2.29. The summed E-state index contributed by atoms with van der Waals surface area (Å²) in [5.41, 5.74) is 3.37. The molecule has 1 aliphatic rings. The van der Waals surface area contributed by atoms with Gasteiger partial charge in [0.2, 0.25) is 0 Å². The maximum absolute atomic E-state index is 11.9. The van der Waals surface area contributed by atoms with Crippen LogP contribution in [0.4, 0.5) is 0 Å². The Morgan fingerprint density at radius 1 is 1.11 bits per heavy atom. The summed E-state index contributed by atoms with van der Waals surface area (Å²) in [6.45, 7) is 1.99. The normalized spacial score (nSPS) is 13.7. The van der Waals surface area contributed by atoms with Crippen molar-refractivity contribution in [3.05, 3.63) is 51.6 Å². The molecule has 0 atom stereocenters. The van der Waals surface area contributed by atoms with E-state index >= 15 is 0 Å². The van der Waals surface area contributed by atoms with Crippen molar-refractivity contribution in [2.45, 2.75) is 19.8 Å². The highest BCUT2D eigenvalue weighted by Crippen LogP contribution is 2.28. The SMILES string of the molecule is Cc1ccc(-c2nc(=O)[nH]c3c2C(=O)CC3)cc1. The lowest BCUT2D eigenvalue weighted by Crippen LogP contribution is -2.15. The predicted octanol–water partition coefficient (Wildman–Crippen LogP) is 1.87. The summed E-state index contributed by atoms with van der Waals surface area (Å²) < 4.78 is 0. The number of nitrogens with one attached hydrogen (secondary N) is 1. The van der Waals surface area contributed by atoms with Crippen molar-refractivity contribution in [3.8, 4) is 11.3 Å². The molecule has 1 aliphatic carbocycles. The molecule has 0 spiro atoms. The second-order valence-corrected chi connectivity index (χ2v) is 4.53. The van der Waals surface area contributed by atoms with Crippen LogP contribution in [-0.2, 0) is 6.42 Å². The van der Waals surface area contributed by atoms with E-state index in [1.807, 2.05) is 31.2 Å². The number of hydrogen-bond acceptors (Lipinski definition) is 3. The van der Waals surface area contributed by atoms with Crippen LogP contribution in [0.1, 0.15) is 28.0 Å². The first-order valence-corrected chi connectivity index (χ1v) is 5.88. The average molecular weight is 240 g/mol. The van der Waals surface area contributed by atoms with Crippen LogP contribution in [0.15, 0.2) is 29.1 Å². The number of rotatable bonds is 1. The van der Waals surface area contributed by atoms with Crippen molar-refractivity contribution in [3.63, 3.8) is 0 Å². The van der Waals surface area contributed by atoms with Gasteiger partial charge in [0.15, 0.2) is 5.78 Å². The summed E-state index contributed by atoms with van der Waals surface area (Å²) >= 11 is 0. The summed E-state index contributed by atoms with van der Waals surface area (Å²) in [7, 11) is 0. The van der Waals surface area contributed by atoms with Crippen molar-refractivity contribution in [1.29, 1.82) is 0 Å². The number of H-pyrrole nitrogens is 1. The zero-order chi connectivity index (χ0) is 12.7. The van der Waals surface area contributed by atoms with Gasteiger partial charge in [-0.25, -0.2) is 4.79 Å². The molecule has 0 fully saturated rings. The van der Waals surface area contributed by atoms with Crippen LogP contribution in [0, 0.1) is 6.92 Å². The van der Waals surface area contributed by atoms with Crippen LogP contribution in [0.3, 0.4) is 0 Å². The van der Waals surface area contributed by atoms with E-state index in [9.17, 15) is 9.59 Å². The molecule has 4 nitrogen and oxygen atoms in total. The molecule has 90 valence electrons. The fraction of sp³-hybridized carbons (Fsp3) is 0.214. The number of benzene rings is 1. The molecule has 4 heteroatoms. The van der Waals surface area contributed by atoms with Crippen LogP contribution >= 0.6 is 0 Å². The average Bonchev–Trinajstić information content (AvgIpc) is 2.71. The van der Waals surface area contributed by atoms with Gasteiger partial charge >= 0.3 is 5.69 Å². The minimum atomic E-state index is -0.390. The predicted molar refractivity (Wildman–Crippen MR) is 67.7 cm³/mol. The van der Waals surface area contributed by atoms with Crippen LogP contribution in [0.5, 0.6) is 0 Å². The Kier molecular flexibility index (Phi) is 2.37. The molecule has 0 saturated carbocycles. The Labute approximate surface area is 104 Å². The van der Waals surface area contributed by atoms with Crippen molar-refractivity contribution in [2.75, 3.05) is 0 Å². The van der Waals surface area contributed by atoms with Gasteiger partial charge in [-0.15, -0.1) is 0 Å². The van der Waals surface area contributed by atoms with Gasteiger partial charge in [0, 0.05) is 17.7 Å². The maximum atomic E-state index is 11.9. The first-order chi connectivity index (χ1) is 8.65. The zero-order valence-corrected chi connectivity index (χ0v) is 9.99. The third-order valence-electron chi connectivity index (χ3n) is 3.22. The summed E-state index contributed by atoms with van der Waals surface area (Å²) in [4.78, 5) is 30.0. The van der Waals surface area contributed by atoms with Crippen molar-refractivity contribution < 1.29 is 4.79 Å². The van der Waals surface area contributed by atoms with Crippen LogP contribution < -0.4 is 5.69 Å². The standard InChI is InChI=1S/C14H12N2O2/c1-8-2-4-9(5-3-8)13-12-10(6-7-11(12)17)15-14(18)16-13/h2-5H,6-7H2,1H3,(H,15,16,18). The molecule has 0 aliphatic heterocycles. The lowest BCUT2D eigenvalue weighted by Gasteiger charge is -2.06. The number of fused-ring (bicyclic) bond motifs is 1. The van der Waals surface area contributed by atoms with Gasteiger partial charge in [0.25, 0.3) is 0 Å². The third-order valence-corrected chi connectivity index (χ3v) is 3.22. The van der Waals surface area contributed by atoms with E-state index < -0.39 is 0 Å². The third kappa shape index (κ3) is 1.66. The highest BCUT2D eigenvalue weighted by atomic mass is 16.1. The van der Waals surface area contributed by atoms with Crippen LogP contribution in [-0.4, -0.2) is 15.8 Å². The van der Waals surface area contributed by atoms with Gasteiger partial charge in [-0.05, 0) is 13.3 Å². The van der Waals surface area contributed by atoms with Gasteiger partial charge < -0.3 is 4.98 Å². The minimum Gasteiger partial charge on any atom is -0.309 e. The Balaban J connectivity index is 2.26. The number of carbonyl (C=O) groups excluding carboxylic acids is 1. The molecule has 18 heavy (non-hydrogen) atoms. The highest BCUT2D eigenvalue weighted by molar-refractivity contribution is 6.04. The van der Waals surface area contributed by atoms with Gasteiger partial charge in [-0.2, -0.15) is 4.98 Å². The fourth-order valence-corrected chi connectivity index (χ4v) is 2.29. The van der Waals surface area contributed by atoms with E-state index in [1.165, 1.54) is 0 Å². The van der Waals surface area contributed by atoms with E-state index in [4.69, 9.17) is 0 Å². The van der Waals surface area contributed by atoms with Gasteiger partial charge in [-0.1, -0.05) is 29.8 Å². The summed E-state index contributed by atoms with van der Waals surface area (Å²) in [6, 6.07) is 7.68. The highest BCUT2D eigenvalue weighted by Gasteiger charge is 2.25. The maximum Gasteiger partial charge on any atom is 0.345 e. The molecule has 1 N–H and O–H groups in total. The van der Waals surface area contributed by atoms with Crippen LogP contribution in [0.25, 0.3) is 11.3 Å². The number of Topliss-reactive ketones (excluding diaryl/α,β-unsaturated/α-hetero) is 1. The van der Waals surface area contributed by atoms with E-state index in [1.54, 1.807) is 0 Å². The summed E-state index contributed by atoms with van der Waals surface area (Å²) in [5.74, 6) is 0.0596. The molecule has 0 bridgehead atoms. The summed E-state index contributed by atoms with van der Waals surface area (Å²) in [6.07, 6.45) is 1.06. The van der Waals surface area contributed by atoms with E-state index in [-0.39, 0.29) is 11.5 Å². The van der Waals surface area contributed by atoms with Crippen molar-refractivity contribution in [2.24, 2.45) is 0 Å². The Morgan fingerprint density at radius 2 is 1.83 bits per heavy atom. The lowest BCUT2D eigenvalue weighted by molar-refractivity contribution is 0.0995. The largest absolute Gasteiger partial charge is 0.345 e. The minimum absolute atomic E-state index is 0.0596. The molecule has 0 saturated heterocycles.